The standard InChI is InChI=1S/C26H43N5O3/c1-19(2)18-30(23-15-21(20(3)32)16-29-17-23)26(33)25(27)24(13-9-6-10-14-34-4)31(28)22-11-7-5-8-12-22/h5,7-8,11-12,19,21,23,29H,6,9-10,13-18,27-28H2,1-4H3/b25-24-/t21?,23-/m0/s1. The van der Waals surface area contributed by atoms with E-state index in [1.165, 1.54) is 5.01 Å². The normalized spacial score (nSPS) is 19.0. The van der Waals surface area contributed by atoms with E-state index >= 15 is 0 Å². The molecule has 0 radical (unpaired) electrons. The number of anilines is 1. The first-order valence-electron chi connectivity index (χ1n) is 12.4. The zero-order valence-electron chi connectivity index (χ0n) is 21.3. The van der Waals surface area contributed by atoms with Crippen LogP contribution in [-0.2, 0) is 14.3 Å². The molecule has 1 aromatic rings. The van der Waals surface area contributed by atoms with Gasteiger partial charge in [-0.3, -0.25) is 14.6 Å². The molecule has 0 spiro atoms. The second-order valence-corrected chi connectivity index (χ2v) is 9.58. The molecule has 1 fully saturated rings. The van der Waals surface area contributed by atoms with Crippen molar-refractivity contribution in [2.24, 2.45) is 23.4 Å². The molecule has 1 amide bonds. The van der Waals surface area contributed by atoms with Crippen LogP contribution in [0.1, 0.15) is 52.9 Å². The van der Waals surface area contributed by atoms with Crippen molar-refractivity contribution in [3.63, 3.8) is 0 Å². The molecule has 0 aliphatic carbocycles. The third-order valence-corrected chi connectivity index (χ3v) is 6.29. The minimum Gasteiger partial charge on any atom is -0.393 e. The van der Waals surface area contributed by atoms with Crippen molar-refractivity contribution in [1.82, 2.24) is 10.2 Å². The predicted octanol–water partition coefficient (Wildman–Crippen LogP) is 2.80. The highest BCUT2D eigenvalue weighted by Crippen LogP contribution is 2.24. The van der Waals surface area contributed by atoms with E-state index in [9.17, 15) is 9.59 Å². The Morgan fingerprint density at radius 2 is 1.85 bits per heavy atom. The molecule has 1 aliphatic rings. The third kappa shape index (κ3) is 8.11. The monoisotopic (exact) mass is 473 g/mol. The number of amides is 1. The number of nitrogens with two attached hydrogens (primary N) is 2. The fraction of sp³-hybridized carbons (Fsp3) is 0.615. The SMILES string of the molecule is COCCCCC/C(=C(/N)C(=O)N(CC(C)C)[C@@H]1CNCC(C(C)=O)C1)N(N)c1ccccc1. The molecule has 1 aromatic carbocycles. The predicted molar refractivity (Wildman–Crippen MR) is 137 cm³/mol. The highest BCUT2D eigenvalue weighted by molar-refractivity contribution is 5.94. The molecule has 0 bridgehead atoms. The van der Waals surface area contributed by atoms with E-state index in [4.69, 9.17) is 16.3 Å². The molecule has 0 aromatic heterocycles. The van der Waals surface area contributed by atoms with E-state index < -0.39 is 0 Å². The molecule has 34 heavy (non-hydrogen) atoms. The van der Waals surface area contributed by atoms with Gasteiger partial charge in [0.25, 0.3) is 5.91 Å². The van der Waals surface area contributed by atoms with Crippen LogP contribution in [0.3, 0.4) is 0 Å². The van der Waals surface area contributed by atoms with Gasteiger partial charge in [-0.05, 0) is 50.7 Å². The summed E-state index contributed by atoms with van der Waals surface area (Å²) in [6.07, 6.45) is 3.96. The molecular formula is C26H43N5O3. The Hall–Kier alpha value is -2.42. The molecule has 0 saturated carbocycles. The average Bonchev–Trinajstić information content (AvgIpc) is 2.84. The maximum atomic E-state index is 13.8. The summed E-state index contributed by atoms with van der Waals surface area (Å²) in [4.78, 5) is 27.7. The number of ketones is 1. The fourth-order valence-electron chi connectivity index (χ4n) is 4.38. The molecule has 2 atom stereocenters. The molecule has 190 valence electrons. The highest BCUT2D eigenvalue weighted by Gasteiger charge is 2.33. The third-order valence-electron chi connectivity index (χ3n) is 6.29. The number of carbonyl (C=O) groups is 2. The quantitative estimate of drug-likeness (QED) is 0.175. The Morgan fingerprint density at radius 3 is 2.47 bits per heavy atom. The number of hydrazine groups is 1. The summed E-state index contributed by atoms with van der Waals surface area (Å²) in [5.41, 5.74) is 8.14. The summed E-state index contributed by atoms with van der Waals surface area (Å²) in [7, 11) is 1.69. The minimum absolute atomic E-state index is 0.0954. The van der Waals surface area contributed by atoms with Gasteiger partial charge in [-0.25, -0.2) is 5.84 Å². The van der Waals surface area contributed by atoms with Crippen LogP contribution in [0, 0.1) is 11.8 Å². The van der Waals surface area contributed by atoms with Crippen LogP contribution in [0.4, 0.5) is 5.69 Å². The Balaban J connectivity index is 2.33. The molecule has 5 N–H and O–H groups in total. The molecule has 1 aliphatic heterocycles. The second kappa shape index (κ2) is 14.1. The van der Waals surface area contributed by atoms with Crippen molar-refractivity contribution in [2.45, 2.75) is 58.9 Å². The van der Waals surface area contributed by atoms with Crippen molar-refractivity contribution in [2.75, 3.05) is 38.4 Å². The van der Waals surface area contributed by atoms with Crippen molar-refractivity contribution in [3.8, 4) is 0 Å². The van der Waals surface area contributed by atoms with Gasteiger partial charge in [0.2, 0.25) is 0 Å². The van der Waals surface area contributed by atoms with Gasteiger partial charge in [-0.1, -0.05) is 38.5 Å². The van der Waals surface area contributed by atoms with E-state index in [0.29, 0.717) is 44.8 Å². The lowest BCUT2D eigenvalue weighted by Gasteiger charge is -2.39. The number of piperidine rings is 1. The maximum Gasteiger partial charge on any atom is 0.271 e. The number of benzene rings is 1. The van der Waals surface area contributed by atoms with Gasteiger partial charge in [0, 0.05) is 45.3 Å². The molecule has 8 heteroatoms. The summed E-state index contributed by atoms with van der Waals surface area (Å²) in [6.45, 7) is 8.33. The van der Waals surface area contributed by atoms with Gasteiger partial charge in [-0.2, -0.15) is 0 Å². The second-order valence-electron chi connectivity index (χ2n) is 9.58. The van der Waals surface area contributed by atoms with Gasteiger partial charge in [0.15, 0.2) is 0 Å². The number of nitrogens with one attached hydrogen (secondary N) is 1. The molecule has 1 unspecified atom stereocenters. The lowest BCUT2D eigenvalue weighted by Crippen LogP contribution is -2.54. The van der Waals surface area contributed by atoms with Crippen molar-refractivity contribution >= 4 is 17.4 Å². The number of ether oxygens (including phenoxy) is 1. The topological polar surface area (TPSA) is 114 Å². The van der Waals surface area contributed by atoms with Gasteiger partial charge < -0.3 is 20.7 Å². The van der Waals surface area contributed by atoms with E-state index in [0.717, 1.165) is 24.9 Å². The van der Waals surface area contributed by atoms with Crippen LogP contribution in [0.15, 0.2) is 41.7 Å². The Morgan fingerprint density at radius 1 is 1.15 bits per heavy atom. The lowest BCUT2D eigenvalue weighted by molar-refractivity contribution is -0.132. The first-order chi connectivity index (χ1) is 16.3. The van der Waals surface area contributed by atoms with Gasteiger partial charge >= 0.3 is 0 Å². The summed E-state index contributed by atoms with van der Waals surface area (Å²) >= 11 is 0. The number of nitrogens with zero attached hydrogens (tertiary/aromatic N) is 2. The van der Waals surface area contributed by atoms with E-state index in [-0.39, 0.29) is 35.3 Å². The van der Waals surface area contributed by atoms with E-state index in [1.54, 1.807) is 14.0 Å². The highest BCUT2D eigenvalue weighted by atomic mass is 16.5. The molecule has 1 saturated heterocycles. The number of Topliss-reactive ketones (excluding diaryl/α,β-unsaturated/α-hetero) is 1. The van der Waals surface area contributed by atoms with E-state index in [2.05, 4.69) is 19.2 Å². The number of unbranched alkanes of at least 4 members (excludes halogenated alkanes) is 2. The summed E-state index contributed by atoms with van der Waals surface area (Å²) in [5, 5.41) is 4.86. The molecule has 1 heterocycles. The van der Waals surface area contributed by atoms with Gasteiger partial charge in [-0.15, -0.1) is 0 Å². The van der Waals surface area contributed by atoms with Gasteiger partial charge in [0.05, 0.1) is 11.4 Å². The van der Waals surface area contributed by atoms with Crippen LogP contribution in [0.5, 0.6) is 0 Å². The molecular weight excluding hydrogens is 430 g/mol. The number of methoxy groups -OCH3 is 1. The molecule has 8 nitrogen and oxygen atoms in total. The molecule has 2 rings (SSSR count). The van der Waals surface area contributed by atoms with Crippen LogP contribution in [0.2, 0.25) is 0 Å². The Bertz CT molecular complexity index is 812. The number of hydrogen-bond acceptors (Lipinski definition) is 7. The minimum atomic E-state index is -0.219. The Labute approximate surface area is 204 Å². The summed E-state index contributed by atoms with van der Waals surface area (Å²) < 4.78 is 5.15. The zero-order chi connectivity index (χ0) is 25.1. The number of para-hydroxylation sites is 1. The summed E-state index contributed by atoms with van der Waals surface area (Å²) in [5.74, 6) is 6.59. The first kappa shape index (κ1) is 27.8. The Kier molecular flexibility index (Phi) is 11.5. The number of carbonyl (C=O) groups excluding carboxylic acids is 2. The summed E-state index contributed by atoms with van der Waals surface area (Å²) in [6, 6.07) is 9.44. The van der Waals surface area contributed by atoms with Gasteiger partial charge in [0.1, 0.15) is 11.5 Å². The van der Waals surface area contributed by atoms with Crippen molar-refractivity contribution in [3.05, 3.63) is 41.7 Å². The smallest absolute Gasteiger partial charge is 0.271 e. The van der Waals surface area contributed by atoms with E-state index in [1.807, 2.05) is 35.2 Å². The maximum absolute atomic E-state index is 13.8. The zero-order valence-corrected chi connectivity index (χ0v) is 21.3. The van der Waals surface area contributed by atoms with Crippen LogP contribution < -0.4 is 21.9 Å². The van der Waals surface area contributed by atoms with Crippen molar-refractivity contribution < 1.29 is 14.3 Å². The van der Waals surface area contributed by atoms with Crippen LogP contribution in [0.25, 0.3) is 0 Å². The van der Waals surface area contributed by atoms with Crippen LogP contribution in [-0.4, -0.2) is 56.0 Å². The van der Waals surface area contributed by atoms with Crippen molar-refractivity contribution in [1.29, 1.82) is 0 Å². The number of rotatable bonds is 13. The number of allylic oxidation sites excluding steroid dienone is 1. The lowest BCUT2D eigenvalue weighted by atomic mass is 9.91. The fourth-order valence-corrected chi connectivity index (χ4v) is 4.38. The average molecular weight is 474 g/mol. The van der Waals surface area contributed by atoms with Crippen LogP contribution >= 0.6 is 0 Å². The largest absolute Gasteiger partial charge is 0.393 e. The number of hydrogen-bond donors (Lipinski definition) is 3. The first-order valence-corrected chi connectivity index (χ1v) is 12.4.